The zero-order valence-electron chi connectivity index (χ0n) is 16.1. The second-order valence-corrected chi connectivity index (χ2v) is 9.05. The fraction of sp³-hybridized carbons (Fsp3) is 0.579. The number of ether oxygens (including phenoxy) is 1. The third-order valence-electron chi connectivity index (χ3n) is 5.14. The summed E-state index contributed by atoms with van der Waals surface area (Å²) in [5, 5.41) is 2.83. The van der Waals surface area contributed by atoms with Gasteiger partial charge in [-0.2, -0.15) is 4.31 Å². The molecule has 2 aliphatic heterocycles. The fourth-order valence-electron chi connectivity index (χ4n) is 3.60. The van der Waals surface area contributed by atoms with Gasteiger partial charge in [0.1, 0.15) is 0 Å². The Kier molecular flexibility index (Phi) is 6.56. The van der Waals surface area contributed by atoms with E-state index in [-0.39, 0.29) is 16.7 Å². The molecule has 9 heteroatoms. The maximum atomic E-state index is 12.6. The van der Waals surface area contributed by atoms with E-state index in [0.29, 0.717) is 44.9 Å². The molecule has 0 radical (unpaired) electrons. The number of carbonyl (C=O) groups excluding carboxylic acids is 2. The number of amides is 2. The van der Waals surface area contributed by atoms with Gasteiger partial charge in [-0.05, 0) is 56.9 Å². The van der Waals surface area contributed by atoms with Crippen molar-refractivity contribution < 1.29 is 22.7 Å². The van der Waals surface area contributed by atoms with Gasteiger partial charge in [0.15, 0.2) is 0 Å². The molecule has 28 heavy (non-hydrogen) atoms. The van der Waals surface area contributed by atoms with Gasteiger partial charge < -0.3 is 15.0 Å². The van der Waals surface area contributed by atoms with E-state index >= 15 is 0 Å². The highest BCUT2D eigenvalue weighted by Gasteiger charge is 2.30. The average Bonchev–Trinajstić information content (AvgIpc) is 3.24. The molecule has 0 spiro atoms. The van der Waals surface area contributed by atoms with Crippen LogP contribution in [-0.4, -0.2) is 62.4 Å². The van der Waals surface area contributed by atoms with Crippen LogP contribution in [0.15, 0.2) is 29.2 Å². The van der Waals surface area contributed by atoms with Crippen molar-refractivity contribution >= 4 is 27.7 Å². The Morgan fingerprint density at radius 1 is 1.11 bits per heavy atom. The Bertz CT molecular complexity index is 803. The largest absolute Gasteiger partial charge is 0.450 e. The maximum absolute atomic E-state index is 12.6. The average molecular weight is 410 g/mol. The summed E-state index contributed by atoms with van der Waals surface area (Å²) in [6.07, 6.45) is 2.82. The van der Waals surface area contributed by atoms with Gasteiger partial charge >= 0.3 is 6.09 Å². The molecule has 1 atom stereocenters. The van der Waals surface area contributed by atoms with E-state index in [1.54, 1.807) is 24.0 Å². The van der Waals surface area contributed by atoms with Crippen LogP contribution in [0.1, 0.15) is 32.6 Å². The summed E-state index contributed by atoms with van der Waals surface area (Å²) in [5.41, 5.74) is 0.540. The first-order valence-electron chi connectivity index (χ1n) is 9.74. The molecule has 154 valence electrons. The molecule has 2 aliphatic rings. The smallest absolute Gasteiger partial charge is 0.409 e. The normalized spacial score (nSPS) is 20.8. The first kappa shape index (κ1) is 20.6. The van der Waals surface area contributed by atoms with E-state index in [1.165, 1.54) is 16.4 Å². The van der Waals surface area contributed by atoms with Crippen LogP contribution in [0.4, 0.5) is 10.5 Å². The lowest BCUT2D eigenvalue weighted by Gasteiger charge is -2.31. The summed E-state index contributed by atoms with van der Waals surface area (Å²) in [5.74, 6) is -0.490. The van der Waals surface area contributed by atoms with Gasteiger partial charge in [0, 0.05) is 31.9 Å². The van der Waals surface area contributed by atoms with Crippen molar-refractivity contribution in [2.24, 2.45) is 5.92 Å². The van der Waals surface area contributed by atoms with Gasteiger partial charge in [-0.3, -0.25) is 4.79 Å². The molecule has 8 nitrogen and oxygen atoms in total. The number of anilines is 1. The van der Waals surface area contributed by atoms with Crippen molar-refractivity contribution in [2.75, 3.05) is 38.1 Å². The Morgan fingerprint density at radius 2 is 1.79 bits per heavy atom. The van der Waals surface area contributed by atoms with Crippen LogP contribution >= 0.6 is 0 Å². The lowest BCUT2D eigenvalue weighted by Crippen LogP contribution is -2.44. The molecule has 2 fully saturated rings. The molecule has 0 saturated carbocycles. The zero-order chi connectivity index (χ0) is 20.1. The second-order valence-electron chi connectivity index (χ2n) is 7.11. The quantitative estimate of drug-likeness (QED) is 0.805. The van der Waals surface area contributed by atoms with Gasteiger partial charge in [-0.1, -0.05) is 0 Å². The third kappa shape index (κ3) is 4.64. The second kappa shape index (κ2) is 8.91. The van der Waals surface area contributed by atoms with Crippen LogP contribution in [0, 0.1) is 5.92 Å². The van der Waals surface area contributed by atoms with Gasteiger partial charge in [-0.15, -0.1) is 0 Å². The van der Waals surface area contributed by atoms with E-state index in [2.05, 4.69) is 5.32 Å². The van der Waals surface area contributed by atoms with E-state index in [4.69, 9.17) is 4.74 Å². The molecule has 0 aromatic heterocycles. The molecule has 1 aromatic carbocycles. The van der Waals surface area contributed by atoms with Crippen LogP contribution in [0.2, 0.25) is 0 Å². The number of hydrogen-bond donors (Lipinski definition) is 1. The zero-order valence-corrected chi connectivity index (χ0v) is 16.9. The molecule has 0 aliphatic carbocycles. The summed E-state index contributed by atoms with van der Waals surface area (Å²) in [6, 6.07) is 6.25. The highest BCUT2D eigenvalue weighted by atomic mass is 32.2. The van der Waals surface area contributed by atoms with Crippen molar-refractivity contribution in [3.05, 3.63) is 24.3 Å². The van der Waals surface area contributed by atoms with Gasteiger partial charge in [-0.25, -0.2) is 13.2 Å². The Hall–Kier alpha value is -2.13. The molecule has 3 rings (SSSR count). The molecule has 0 bridgehead atoms. The van der Waals surface area contributed by atoms with Crippen molar-refractivity contribution in [1.29, 1.82) is 0 Å². The minimum absolute atomic E-state index is 0.177. The van der Waals surface area contributed by atoms with E-state index in [0.717, 1.165) is 19.3 Å². The topological polar surface area (TPSA) is 96.0 Å². The standard InChI is InChI=1S/C19H27N3O5S/c1-2-27-19(24)21-11-5-6-15(14-21)18(23)20-16-7-9-17(10-8-16)28(25,26)22-12-3-4-13-22/h7-10,15H,2-6,11-14H2,1H3,(H,20,23). The minimum atomic E-state index is -3.46. The monoisotopic (exact) mass is 409 g/mol. The number of nitrogens with one attached hydrogen (secondary N) is 1. The van der Waals surface area contributed by atoms with Crippen LogP contribution in [-0.2, 0) is 19.6 Å². The summed E-state index contributed by atoms with van der Waals surface area (Å²) in [4.78, 5) is 26.2. The molecule has 2 saturated heterocycles. The highest BCUT2D eigenvalue weighted by Crippen LogP contribution is 2.23. The number of benzene rings is 1. The molecular formula is C19H27N3O5S. The minimum Gasteiger partial charge on any atom is -0.450 e. The Balaban J connectivity index is 1.60. The Labute approximate surface area is 165 Å². The lowest BCUT2D eigenvalue weighted by molar-refractivity contribution is -0.121. The summed E-state index contributed by atoms with van der Waals surface area (Å²) >= 11 is 0. The fourth-order valence-corrected chi connectivity index (χ4v) is 5.12. The van der Waals surface area contributed by atoms with Crippen molar-refractivity contribution in [1.82, 2.24) is 9.21 Å². The number of sulfonamides is 1. The summed E-state index contributed by atoms with van der Waals surface area (Å²) in [7, 11) is -3.46. The van der Waals surface area contributed by atoms with Crippen molar-refractivity contribution in [3.63, 3.8) is 0 Å². The van der Waals surface area contributed by atoms with E-state index in [9.17, 15) is 18.0 Å². The van der Waals surface area contributed by atoms with Crippen LogP contribution in [0.3, 0.4) is 0 Å². The first-order valence-corrected chi connectivity index (χ1v) is 11.2. The number of piperidine rings is 1. The molecule has 2 amide bonds. The number of rotatable bonds is 5. The third-order valence-corrected chi connectivity index (χ3v) is 7.06. The molecule has 1 unspecified atom stereocenters. The molecule has 1 N–H and O–H groups in total. The molecule has 2 heterocycles. The predicted molar refractivity (Wildman–Crippen MR) is 104 cm³/mol. The Morgan fingerprint density at radius 3 is 2.43 bits per heavy atom. The van der Waals surface area contributed by atoms with Gasteiger partial charge in [0.05, 0.1) is 17.4 Å². The number of likely N-dealkylation sites (tertiary alicyclic amines) is 1. The number of nitrogens with zero attached hydrogens (tertiary/aromatic N) is 2. The van der Waals surface area contributed by atoms with Crippen molar-refractivity contribution in [3.8, 4) is 0 Å². The summed E-state index contributed by atoms with van der Waals surface area (Å²) < 4.78 is 31.6. The van der Waals surface area contributed by atoms with Crippen LogP contribution in [0.25, 0.3) is 0 Å². The first-order chi connectivity index (χ1) is 13.4. The van der Waals surface area contributed by atoms with E-state index in [1.807, 2.05) is 0 Å². The number of carbonyl (C=O) groups is 2. The van der Waals surface area contributed by atoms with Gasteiger partial charge in [0.2, 0.25) is 15.9 Å². The van der Waals surface area contributed by atoms with Crippen LogP contribution in [0.5, 0.6) is 0 Å². The summed E-state index contributed by atoms with van der Waals surface area (Å²) in [6.45, 7) is 4.08. The van der Waals surface area contributed by atoms with Crippen molar-refractivity contribution in [2.45, 2.75) is 37.5 Å². The number of hydrogen-bond acceptors (Lipinski definition) is 5. The molecular weight excluding hydrogens is 382 g/mol. The predicted octanol–water partition coefficient (Wildman–Crippen LogP) is 2.28. The highest BCUT2D eigenvalue weighted by molar-refractivity contribution is 7.89. The maximum Gasteiger partial charge on any atom is 0.409 e. The molecule has 1 aromatic rings. The lowest BCUT2D eigenvalue weighted by atomic mass is 9.97. The van der Waals surface area contributed by atoms with E-state index < -0.39 is 16.1 Å². The van der Waals surface area contributed by atoms with Crippen LogP contribution < -0.4 is 5.32 Å². The SMILES string of the molecule is CCOC(=O)N1CCCC(C(=O)Nc2ccc(S(=O)(=O)N3CCCC3)cc2)C1. The van der Waals surface area contributed by atoms with Gasteiger partial charge in [0.25, 0.3) is 0 Å².